The summed E-state index contributed by atoms with van der Waals surface area (Å²) < 4.78 is 5.06. The summed E-state index contributed by atoms with van der Waals surface area (Å²) in [6.45, 7) is 0. The highest BCUT2D eigenvalue weighted by Gasteiger charge is 2.42. The fourth-order valence-corrected chi connectivity index (χ4v) is 3.05. The summed E-state index contributed by atoms with van der Waals surface area (Å²) in [5.74, 6) is 0.208. The number of rotatable bonds is 3. The van der Waals surface area contributed by atoms with Crippen LogP contribution in [0.4, 0.5) is 0 Å². The lowest BCUT2D eigenvalue weighted by molar-refractivity contribution is 0.0885. The molecule has 0 spiro atoms. The first-order chi connectivity index (χ1) is 8.83. The van der Waals surface area contributed by atoms with Crippen LogP contribution in [0.5, 0.6) is 0 Å². The molecule has 2 nitrogen and oxygen atoms in total. The average Bonchev–Trinajstić information content (AvgIpc) is 3.11. The van der Waals surface area contributed by atoms with Gasteiger partial charge >= 0.3 is 0 Å². The molecule has 1 saturated carbocycles. The van der Waals surface area contributed by atoms with Crippen molar-refractivity contribution in [3.63, 3.8) is 0 Å². The minimum Gasteiger partial charge on any atom is -0.472 e. The van der Waals surface area contributed by atoms with Crippen LogP contribution in [0.15, 0.2) is 53.3 Å². The third-order valence-corrected chi connectivity index (χ3v) is 4.00. The first-order valence-electron chi connectivity index (χ1n) is 6.45. The van der Waals surface area contributed by atoms with Crippen molar-refractivity contribution in [1.29, 1.82) is 0 Å². The van der Waals surface area contributed by atoms with E-state index in [1.54, 1.807) is 18.6 Å². The van der Waals surface area contributed by atoms with Crippen LogP contribution >= 0.6 is 0 Å². The van der Waals surface area contributed by atoms with E-state index in [1.807, 2.05) is 18.2 Å². The fraction of sp³-hybridized carbons (Fsp3) is 0.312. The summed E-state index contributed by atoms with van der Waals surface area (Å²) >= 11 is 0. The molecular weight excluding hydrogens is 224 g/mol. The predicted molar refractivity (Wildman–Crippen MR) is 69.6 cm³/mol. The number of hydrogen-bond donors (Lipinski definition) is 0. The Bertz CT molecular complexity index is 519. The molecule has 0 saturated heterocycles. The maximum absolute atomic E-state index is 12.8. The van der Waals surface area contributed by atoms with Gasteiger partial charge in [0.15, 0.2) is 5.78 Å². The highest BCUT2D eigenvalue weighted by Crippen LogP contribution is 2.43. The van der Waals surface area contributed by atoms with Gasteiger partial charge in [0.1, 0.15) is 6.26 Å². The first-order valence-corrected chi connectivity index (χ1v) is 6.45. The molecule has 1 aromatic carbocycles. The van der Waals surface area contributed by atoms with Gasteiger partial charge in [-0.2, -0.15) is 0 Å². The Balaban J connectivity index is 2.05. The zero-order chi connectivity index (χ0) is 12.4. The summed E-state index contributed by atoms with van der Waals surface area (Å²) in [4.78, 5) is 12.8. The van der Waals surface area contributed by atoms with E-state index in [0.717, 1.165) is 31.2 Å². The number of carbonyl (C=O) groups is 1. The summed E-state index contributed by atoms with van der Waals surface area (Å²) in [5.41, 5.74) is 1.51. The molecule has 0 atom stereocenters. The van der Waals surface area contributed by atoms with E-state index in [1.165, 1.54) is 0 Å². The molecule has 0 radical (unpaired) electrons. The standard InChI is InChI=1S/C16H16O2/c17-15(13-8-11-18-12-13)16(9-4-5-10-16)14-6-2-1-3-7-14/h1-3,6-8,11-12H,4-5,9-10H2. The van der Waals surface area contributed by atoms with E-state index >= 15 is 0 Å². The first kappa shape index (κ1) is 11.3. The Kier molecular flexibility index (Phi) is 2.78. The van der Waals surface area contributed by atoms with Gasteiger partial charge in [-0.3, -0.25) is 4.79 Å². The van der Waals surface area contributed by atoms with Crippen molar-refractivity contribution in [3.05, 3.63) is 60.1 Å². The fourth-order valence-electron chi connectivity index (χ4n) is 3.05. The molecule has 2 heteroatoms. The molecule has 1 aliphatic carbocycles. The molecule has 92 valence electrons. The number of benzene rings is 1. The lowest BCUT2D eigenvalue weighted by atomic mass is 9.73. The van der Waals surface area contributed by atoms with Crippen LogP contribution in [-0.2, 0) is 5.41 Å². The second kappa shape index (κ2) is 4.45. The van der Waals surface area contributed by atoms with Crippen molar-refractivity contribution in [2.24, 2.45) is 0 Å². The number of ketones is 1. The summed E-state index contributed by atoms with van der Waals surface area (Å²) in [7, 11) is 0. The molecule has 2 aromatic rings. The van der Waals surface area contributed by atoms with Gasteiger partial charge in [0.05, 0.1) is 17.2 Å². The van der Waals surface area contributed by atoms with Crippen molar-refractivity contribution in [2.45, 2.75) is 31.1 Å². The molecule has 1 heterocycles. The Morgan fingerprint density at radius 2 is 1.78 bits per heavy atom. The molecule has 18 heavy (non-hydrogen) atoms. The lowest BCUT2D eigenvalue weighted by Gasteiger charge is -2.27. The summed E-state index contributed by atoms with van der Waals surface area (Å²) in [6.07, 6.45) is 7.27. The maximum atomic E-state index is 12.8. The van der Waals surface area contributed by atoms with E-state index in [9.17, 15) is 4.79 Å². The van der Waals surface area contributed by atoms with Gasteiger partial charge in [-0.05, 0) is 24.5 Å². The zero-order valence-corrected chi connectivity index (χ0v) is 10.3. The number of Topliss-reactive ketones (excluding diaryl/α,β-unsaturated/α-hetero) is 1. The van der Waals surface area contributed by atoms with E-state index in [4.69, 9.17) is 4.42 Å². The molecule has 0 unspecified atom stereocenters. The average molecular weight is 240 g/mol. The highest BCUT2D eigenvalue weighted by molar-refractivity contribution is 6.04. The van der Waals surface area contributed by atoms with Gasteiger partial charge in [0.2, 0.25) is 0 Å². The van der Waals surface area contributed by atoms with Gasteiger partial charge < -0.3 is 4.42 Å². The summed E-state index contributed by atoms with van der Waals surface area (Å²) in [6, 6.07) is 11.9. The lowest BCUT2D eigenvalue weighted by Crippen LogP contribution is -2.32. The van der Waals surface area contributed by atoms with Crippen molar-refractivity contribution in [2.75, 3.05) is 0 Å². The van der Waals surface area contributed by atoms with Crippen molar-refractivity contribution in [3.8, 4) is 0 Å². The Labute approximate surface area is 107 Å². The molecule has 0 amide bonds. The molecule has 1 fully saturated rings. The number of furan rings is 1. The molecule has 0 aliphatic heterocycles. The second-order valence-corrected chi connectivity index (χ2v) is 5.00. The third-order valence-electron chi connectivity index (χ3n) is 4.00. The molecule has 0 N–H and O–H groups in total. The van der Waals surface area contributed by atoms with E-state index in [0.29, 0.717) is 5.56 Å². The van der Waals surface area contributed by atoms with Crippen LogP contribution in [0, 0.1) is 0 Å². The van der Waals surface area contributed by atoms with E-state index < -0.39 is 0 Å². The number of hydrogen-bond acceptors (Lipinski definition) is 2. The van der Waals surface area contributed by atoms with Crippen LogP contribution in [0.1, 0.15) is 41.6 Å². The number of carbonyl (C=O) groups excluding carboxylic acids is 1. The summed E-state index contributed by atoms with van der Waals surface area (Å²) in [5, 5.41) is 0. The topological polar surface area (TPSA) is 30.2 Å². The Morgan fingerprint density at radius 1 is 1.06 bits per heavy atom. The van der Waals surface area contributed by atoms with Crippen molar-refractivity contribution in [1.82, 2.24) is 0 Å². The van der Waals surface area contributed by atoms with Crippen LogP contribution in [-0.4, -0.2) is 5.78 Å². The van der Waals surface area contributed by atoms with E-state index in [2.05, 4.69) is 12.1 Å². The Morgan fingerprint density at radius 3 is 2.39 bits per heavy atom. The van der Waals surface area contributed by atoms with Crippen LogP contribution in [0.25, 0.3) is 0 Å². The smallest absolute Gasteiger partial charge is 0.176 e. The molecule has 3 rings (SSSR count). The van der Waals surface area contributed by atoms with Crippen LogP contribution in [0.2, 0.25) is 0 Å². The molecule has 1 aliphatic rings. The highest BCUT2D eigenvalue weighted by atomic mass is 16.3. The van der Waals surface area contributed by atoms with E-state index in [-0.39, 0.29) is 11.2 Å². The predicted octanol–water partition coefficient (Wildman–Crippen LogP) is 3.97. The third kappa shape index (κ3) is 1.69. The van der Waals surface area contributed by atoms with Gasteiger partial charge in [-0.15, -0.1) is 0 Å². The SMILES string of the molecule is O=C(c1ccoc1)C1(c2ccccc2)CCCC1. The van der Waals surface area contributed by atoms with Gasteiger partial charge in [0.25, 0.3) is 0 Å². The monoisotopic (exact) mass is 240 g/mol. The minimum atomic E-state index is -0.328. The Hall–Kier alpha value is -1.83. The quantitative estimate of drug-likeness (QED) is 0.760. The molecule has 1 aromatic heterocycles. The second-order valence-electron chi connectivity index (χ2n) is 5.00. The van der Waals surface area contributed by atoms with Crippen molar-refractivity contribution < 1.29 is 9.21 Å². The van der Waals surface area contributed by atoms with Gasteiger partial charge in [-0.25, -0.2) is 0 Å². The van der Waals surface area contributed by atoms with Gasteiger partial charge in [-0.1, -0.05) is 43.2 Å². The van der Waals surface area contributed by atoms with Crippen LogP contribution in [0.3, 0.4) is 0 Å². The van der Waals surface area contributed by atoms with Crippen LogP contribution < -0.4 is 0 Å². The van der Waals surface area contributed by atoms with Gasteiger partial charge in [0, 0.05) is 0 Å². The molecule has 0 bridgehead atoms. The van der Waals surface area contributed by atoms with Crippen molar-refractivity contribution >= 4 is 5.78 Å². The largest absolute Gasteiger partial charge is 0.472 e. The zero-order valence-electron chi connectivity index (χ0n) is 10.3. The molecular formula is C16H16O2. The normalized spacial score (nSPS) is 17.8. The maximum Gasteiger partial charge on any atom is 0.176 e. The minimum absolute atomic E-state index is 0.208.